The lowest BCUT2D eigenvalue weighted by Gasteiger charge is -2.25. The molecular weight excluding hydrogens is 191 g/mol. The van der Waals surface area contributed by atoms with Crippen LogP contribution in [-0.4, -0.2) is 23.3 Å². The maximum Gasteiger partial charge on any atom is 0.488 e. The van der Waals surface area contributed by atoms with E-state index in [0.717, 1.165) is 5.56 Å². The lowest BCUT2D eigenvalue weighted by atomic mass is 9.80. The van der Waals surface area contributed by atoms with Crippen LogP contribution in [0.3, 0.4) is 0 Å². The summed E-state index contributed by atoms with van der Waals surface area (Å²) in [6.07, 6.45) is 4.06. The lowest BCUT2D eigenvalue weighted by molar-refractivity contribution is -0.00865. The molecule has 0 spiro atoms. The molecule has 4 heteroatoms. The lowest BCUT2D eigenvalue weighted by Crippen LogP contribution is -2.29. The van der Waals surface area contributed by atoms with Gasteiger partial charge in [-0.15, -0.1) is 0 Å². The Morgan fingerprint density at radius 2 is 1.87 bits per heavy atom. The molecule has 80 valence electrons. The first-order valence-electron chi connectivity index (χ1n) is 5.32. The summed E-state index contributed by atoms with van der Waals surface area (Å²) < 4.78 is 5.64. The Hall–Kier alpha value is -0.835. The van der Waals surface area contributed by atoms with Crippen molar-refractivity contribution in [1.82, 2.24) is 0 Å². The number of rotatable bonds is 4. The summed E-state index contributed by atoms with van der Waals surface area (Å²) >= 11 is 0. The maximum atomic E-state index is 8.90. The second-order valence-corrected chi connectivity index (χ2v) is 3.98. The van der Waals surface area contributed by atoms with Crippen LogP contribution in [0.4, 0.5) is 0 Å². The fourth-order valence-electron chi connectivity index (χ4n) is 1.54. The topological polar surface area (TPSA) is 49.7 Å². The molecule has 1 saturated carbocycles. The average Bonchev–Trinajstić information content (AvgIpc) is 2.16. The van der Waals surface area contributed by atoms with E-state index in [1.165, 1.54) is 19.3 Å². The van der Waals surface area contributed by atoms with Crippen LogP contribution in [0, 0.1) is 0 Å². The molecular formula is C11H15BO3. The number of ether oxygens (including phenoxy) is 1. The van der Waals surface area contributed by atoms with Crippen LogP contribution in [0.15, 0.2) is 24.3 Å². The molecule has 1 fully saturated rings. The smallest absolute Gasteiger partial charge is 0.423 e. The molecule has 2 N–H and O–H groups in total. The first kappa shape index (κ1) is 10.7. The molecule has 0 radical (unpaired) electrons. The van der Waals surface area contributed by atoms with Gasteiger partial charge in [0.2, 0.25) is 0 Å². The molecule has 0 amide bonds. The van der Waals surface area contributed by atoms with Gasteiger partial charge in [0.1, 0.15) is 0 Å². The number of hydrogen-bond acceptors (Lipinski definition) is 3. The standard InChI is InChI=1S/C11H15BO3/c13-12(14)10-6-4-9(5-7-10)8-15-11-2-1-3-11/h4-7,11,13-14H,1-3,8H2. The van der Waals surface area contributed by atoms with Crippen molar-refractivity contribution in [3.63, 3.8) is 0 Å². The highest BCUT2D eigenvalue weighted by Crippen LogP contribution is 2.22. The summed E-state index contributed by atoms with van der Waals surface area (Å²) in [7, 11) is -1.38. The summed E-state index contributed by atoms with van der Waals surface area (Å²) in [4.78, 5) is 0. The summed E-state index contributed by atoms with van der Waals surface area (Å²) in [5, 5.41) is 17.8. The maximum absolute atomic E-state index is 8.90. The minimum Gasteiger partial charge on any atom is -0.423 e. The van der Waals surface area contributed by atoms with Gasteiger partial charge < -0.3 is 14.8 Å². The first-order chi connectivity index (χ1) is 7.25. The Labute approximate surface area is 89.8 Å². The first-order valence-corrected chi connectivity index (χ1v) is 5.32. The van der Waals surface area contributed by atoms with E-state index < -0.39 is 7.12 Å². The van der Waals surface area contributed by atoms with Crippen molar-refractivity contribution in [2.45, 2.75) is 32.0 Å². The van der Waals surface area contributed by atoms with Crippen LogP contribution in [0.2, 0.25) is 0 Å². The molecule has 15 heavy (non-hydrogen) atoms. The third-order valence-corrected chi connectivity index (χ3v) is 2.82. The molecule has 2 rings (SSSR count). The van der Waals surface area contributed by atoms with E-state index >= 15 is 0 Å². The van der Waals surface area contributed by atoms with E-state index in [2.05, 4.69) is 0 Å². The Morgan fingerprint density at radius 1 is 1.20 bits per heavy atom. The van der Waals surface area contributed by atoms with Crippen LogP contribution < -0.4 is 5.46 Å². The third-order valence-electron chi connectivity index (χ3n) is 2.82. The van der Waals surface area contributed by atoms with Crippen molar-refractivity contribution in [1.29, 1.82) is 0 Å². The molecule has 0 unspecified atom stereocenters. The molecule has 1 aliphatic rings. The van der Waals surface area contributed by atoms with Gasteiger partial charge in [-0.3, -0.25) is 0 Å². The fourth-order valence-corrected chi connectivity index (χ4v) is 1.54. The van der Waals surface area contributed by atoms with Gasteiger partial charge in [0, 0.05) is 0 Å². The van der Waals surface area contributed by atoms with Crippen LogP contribution in [0.5, 0.6) is 0 Å². The van der Waals surface area contributed by atoms with E-state index in [-0.39, 0.29) is 0 Å². The third kappa shape index (κ3) is 2.81. The highest BCUT2D eigenvalue weighted by Gasteiger charge is 2.17. The predicted octanol–water partition coefficient (Wildman–Crippen LogP) is 0.435. The second-order valence-electron chi connectivity index (χ2n) is 3.98. The Kier molecular flexibility index (Phi) is 3.41. The summed E-state index contributed by atoms with van der Waals surface area (Å²) in [5.41, 5.74) is 1.59. The molecule has 0 heterocycles. The van der Waals surface area contributed by atoms with Crippen molar-refractivity contribution in [3.05, 3.63) is 29.8 Å². The summed E-state index contributed by atoms with van der Waals surface area (Å²) in [5.74, 6) is 0. The van der Waals surface area contributed by atoms with E-state index in [1.54, 1.807) is 12.1 Å². The quantitative estimate of drug-likeness (QED) is 0.702. The summed E-state index contributed by atoms with van der Waals surface area (Å²) in [6.45, 7) is 0.618. The van der Waals surface area contributed by atoms with Gasteiger partial charge >= 0.3 is 7.12 Å². The monoisotopic (exact) mass is 206 g/mol. The number of hydrogen-bond donors (Lipinski definition) is 2. The SMILES string of the molecule is OB(O)c1ccc(COC2CCC2)cc1. The van der Waals surface area contributed by atoms with Crippen molar-refractivity contribution < 1.29 is 14.8 Å². The predicted molar refractivity (Wildman–Crippen MR) is 58.7 cm³/mol. The van der Waals surface area contributed by atoms with Crippen LogP contribution in [0.1, 0.15) is 24.8 Å². The summed E-state index contributed by atoms with van der Waals surface area (Å²) in [6, 6.07) is 7.16. The van der Waals surface area contributed by atoms with Crippen molar-refractivity contribution in [3.8, 4) is 0 Å². The van der Waals surface area contributed by atoms with Gasteiger partial charge in [-0.25, -0.2) is 0 Å². The molecule has 0 saturated heterocycles. The molecule has 1 aromatic carbocycles. The Morgan fingerprint density at radius 3 is 2.33 bits per heavy atom. The van der Waals surface area contributed by atoms with E-state index in [4.69, 9.17) is 14.8 Å². The molecule has 0 aromatic heterocycles. The minimum absolute atomic E-state index is 0.438. The molecule has 0 atom stereocenters. The molecule has 3 nitrogen and oxygen atoms in total. The van der Waals surface area contributed by atoms with Gasteiger partial charge in [0.15, 0.2) is 0 Å². The minimum atomic E-state index is -1.38. The van der Waals surface area contributed by atoms with Crippen LogP contribution in [0.25, 0.3) is 0 Å². The molecule has 0 aliphatic heterocycles. The number of benzene rings is 1. The second kappa shape index (κ2) is 4.79. The average molecular weight is 206 g/mol. The van der Waals surface area contributed by atoms with Gasteiger partial charge in [0.25, 0.3) is 0 Å². The highest BCUT2D eigenvalue weighted by atomic mass is 16.5. The zero-order valence-electron chi connectivity index (χ0n) is 8.60. The largest absolute Gasteiger partial charge is 0.488 e. The Balaban J connectivity index is 1.86. The van der Waals surface area contributed by atoms with E-state index in [0.29, 0.717) is 18.2 Å². The van der Waals surface area contributed by atoms with E-state index in [1.807, 2.05) is 12.1 Å². The molecule has 1 aliphatic carbocycles. The van der Waals surface area contributed by atoms with Gasteiger partial charge in [0.05, 0.1) is 12.7 Å². The zero-order valence-corrected chi connectivity index (χ0v) is 8.60. The van der Waals surface area contributed by atoms with Crippen molar-refractivity contribution in [2.24, 2.45) is 0 Å². The zero-order chi connectivity index (χ0) is 10.7. The molecule has 1 aromatic rings. The van der Waals surface area contributed by atoms with Gasteiger partial charge in [-0.1, -0.05) is 24.3 Å². The van der Waals surface area contributed by atoms with Gasteiger partial charge in [-0.05, 0) is 30.3 Å². The van der Waals surface area contributed by atoms with Crippen LogP contribution in [-0.2, 0) is 11.3 Å². The fraction of sp³-hybridized carbons (Fsp3) is 0.455. The Bertz CT molecular complexity index is 306. The highest BCUT2D eigenvalue weighted by molar-refractivity contribution is 6.58. The van der Waals surface area contributed by atoms with Gasteiger partial charge in [-0.2, -0.15) is 0 Å². The van der Waals surface area contributed by atoms with Crippen molar-refractivity contribution in [2.75, 3.05) is 0 Å². The van der Waals surface area contributed by atoms with E-state index in [9.17, 15) is 0 Å². The van der Waals surface area contributed by atoms with Crippen LogP contribution >= 0.6 is 0 Å². The molecule has 0 bridgehead atoms. The normalized spacial score (nSPS) is 16.1. The van der Waals surface area contributed by atoms with Crippen molar-refractivity contribution >= 4 is 12.6 Å².